The van der Waals surface area contributed by atoms with Gasteiger partial charge in [-0.1, -0.05) is 37.3 Å². The molecule has 0 radical (unpaired) electrons. The Morgan fingerprint density at radius 3 is 2.55 bits per heavy atom. The fraction of sp³-hybridized carbons (Fsp3) is 0.250. The van der Waals surface area contributed by atoms with Crippen LogP contribution >= 0.6 is 0 Å². The van der Waals surface area contributed by atoms with E-state index in [1.54, 1.807) is 18.3 Å². The van der Waals surface area contributed by atoms with Gasteiger partial charge in [0.25, 0.3) is 0 Å². The van der Waals surface area contributed by atoms with Gasteiger partial charge in [0.1, 0.15) is 17.8 Å². The van der Waals surface area contributed by atoms with Gasteiger partial charge in [-0.15, -0.1) is 0 Å². The SMILES string of the molecule is CCc1nc(-c2ccc(O)cc2)cnc1NC(O)Cc1ccc2c(c1)=CCCC=2. The van der Waals surface area contributed by atoms with E-state index >= 15 is 0 Å². The number of aliphatic hydroxyl groups is 1. The predicted molar refractivity (Wildman–Crippen MR) is 116 cm³/mol. The molecule has 2 aromatic carbocycles. The van der Waals surface area contributed by atoms with E-state index in [-0.39, 0.29) is 5.75 Å². The third-order valence-corrected chi connectivity index (χ3v) is 5.12. The molecule has 1 atom stereocenters. The van der Waals surface area contributed by atoms with Crippen molar-refractivity contribution in [3.63, 3.8) is 0 Å². The van der Waals surface area contributed by atoms with E-state index in [1.807, 2.05) is 19.1 Å². The summed E-state index contributed by atoms with van der Waals surface area (Å²) in [5.41, 5.74) is 3.51. The number of hydrogen-bond acceptors (Lipinski definition) is 5. The van der Waals surface area contributed by atoms with Gasteiger partial charge in [-0.05, 0) is 59.5 Å². The van der Waals surface area contributed by atoms with Crippen LogP contribution in [0.15, 0.2) is 48.7 Å². The van der Waals surface area contributed by atoms with Gasteiger partial charge in [-0.25, -0.2) is 9.97 Å². The van der Waals surface area contributed by atoms with E-state index in [9.17, 15) is 10.2 Å². The summed E-state index contributed by atoms with van der Waals surface area (Å²) >= 11 is 0. The van der Waals surface area contributed by atoms with Crippen LogP contribution in [0.4, 0.5) is 5.82 Å². The molecule has 5 heteroatoms. The minimum Gasteiger partial charge on any atom is -0.508 e. The van der Waals surface area contributed by atoms with Crippen molar-refractivity contribution in [1.29, 1.82) is 0 Å². The molecule has 5 nitrogen and oxygen atoms in total. The summed E-state index contributed by atoms with van der Waals surface area (Å²) in [5.74, 6) is 0.817. The average molecular weight is 387 g/mol. The van der Waals surface area contributed by atoms with E-state index < -0.39 is 6.23 Å². The molecular weight excluding hydrogens is 362 g/mol. The van der Waals surface area contributed by atoms with Crippen molar-refractivity contribution in [3.05, 3.63) is 70.4 Å². The molecule has 0 aliphatic heterocycles. The molecule has 1 heterocycles. The molecule has 3 N–H and O–H groups in total. The molecule has 0 amide bonds. The Morgan fingerprint density at radius 2 is 1.79 bits per heavy atom. The lowest BCUT2D eigenvalue weighted by Gasteiger charge is -2.16. The lowest BCUT2D eigenvalue weighted by molar-refractivity contribution is 0.203. The number of phenolic OH excluding ortho intramolecular Hbond substituents is 1. The van der Waals surface area contributed by atoms with Crippen molar-refractivity contribution in [2.75, 3.05) is 5.32 Å². The van der Waals surface area contributed by atoms with Crippen molar-refractivity contribution in [2.45, 2.75) is 38.8 Å². The maximum Gasteiger partial charge on any atom is 0.149 e. The topological polar surface area (TPSA) is 78.3 Å². The summed E-state index contributed by atoms with van der Waals surface area (Å²) < 4.78 is 0. The number of nitrogens with one attached hydrogen (secondary N) is 1. The van der Waals surface area contributed by atoms with Gasteiger partial charge >= 0.3 is 0 Å². The van der Waals surface area contributed by atoms with E-state index in [2.05, 4.69) is 45.6 Å². The molecule has 0 saturated heterocycles. The van der Waals surface area contributed by atoms with Gasteiger partial charge in [-0.3, -0.25) is 0 Å². The highest BCUT2D eigenvalue weighted by Gasteiger charge is 2.12. The van der Waals surface area contributed by atoms with Gasteiger partial charge in [0.2, 0.25) is 0 Å². The van der Waals surface area contributed by atoms with Gasteiger partial charge in [-0.2, -0.15) is 0 Å². The molecule has 4 rings (SSSR count). The molecule has 29 heavy (non-hydrogen) atoms. The van der Waals surface area contributed by atoms with Gasteiger partial charge in [0.15, 0.2) is 0 Å². The zero-order valence-corrected chi connectivity index (χ0v) is 16.5. The number of aromatic hydroxyl groups is 1. The van der Waals surface area contributed by atoms with Gasteiger partial charge < -0.3 is 15.5 Å². The Hall–Kier alpha value is -3.18. The van der Waals surface area contributed by atoms with Crippen LogP contribution in [0, 0.1) is 0 Å². The van der Waals surface area contributed by atoms with Crippen LogP contribution in [-0.4, -0.2) is 26.4 Å². The van der Waals surface area contributed by atoms with Crippen molar-refractivity contribution >= 4 is 18.0 Å². The maximum absolute atomic E-state index is 10.6. The third-order valence-electron chi connectivity index (χ3n) is 5.12. The summed E-state index contributed by atoms with van der Waals surface area (Å²) in [6.07, 6.45) is 8.79. The average Bonchev–Trinajstić information content (AvgIpc) is 2.74. The molecule has 1 aromatic heterocycles. The largest absolute Gasteiger partial charge is 0.508 e. The third kappa shape index (κ3) is 4.46. The normalized spacial score (nSPS) is 13.7. The van der Waals surface area contributed by atoms with Crippen LogP contribution in [0.1, 0.15) is 31.0 Å². The Bertz CT molecular complexity index is 1120. The van der Waals surface area contributed by atoms with Crippen LogP contribution in [0.3, 0.4) is 0 Å². The van der Waals surface area contributed by atoms with Crippen LogP contribution in [0.25, 0.3) is 23.4 Å². The van der Waals surface area contributed by atoms with Crippen molar-refractivity contribution in [1.82, 2.24) is 9.97 Å². The number of aliphatic hydroxyl groups excluding tert-OH is 1. The number of hydrogen-bond donors (Lipinski definition) is 3. The maximum atomic E-state index is 10.6. The highest BCUT2D eigenvalue weighted by atomic mass is 16.3. The van der Waals surface area contributed by atoms with Crippen LogP contribution in [0.2, 0.25) is 0 Å². The summed E-state index contributed by atoms with van der Waals surface area (Å²) in [7, 11) is 0. The molecule has 1 unspecified atom stereocenters. The van der Waals surface area contributed by atoms with Crippen molar-refractivity contribution in [2.24, 2.45) is 0 Å². The molecule has 0 saturated carbocycles. The lowest BCUT2D eigenvalue weighted by Crippen LogP contribution is -2.29. The van der Waals surface area contributed by atoms with E-state index in [0.29, 0.717) is 18.7 Å². The molecule has 0 bridgehead atoms. The second kappa shape index (κ2) is 8.45. The Balaban J connectivity index is 1.50. The monoisotopic (exact) mass is 387 g/mol. The summed E-state index contributed by atoms with van der Waals surface area (Å²) in [4.78, 5) is 9.17. The number of aromatic nitrogens is 2. The first-order valence-corrected chi connectivity index (χ1v) is 10.0. The minimum atomic E-state index is -0.750. The van der Waals surface area contributed by atoms with E-state index in [4.69, 9.17) is 0 Å². The summed E-state index contributed by atoms with van der Waals surface area (Å²) in [6.45, 7) is 2.01. The zero-order valence-electron chi connectivity index (χ0n) is 16.5. The van der Waals surface area contributed by atoms with E-state index in [0.717, 1.165) is 35.4 Å². The fourth-order valence-corrected chi connectivity index (χ4v) is 3.59. The highest BCUT2D eigenvalue weighted by Crippen LogP contribution is 2.22. The van der Waals surface area contributed by atoms with Crippen LogP contribution in [0.5, 0.6) is 5.75 Å². The van der Waals surface area contributed by atoms with E-state index in [1.165, 1.54) is 10.4 Å². The molecule has 1 aliphatic carbocycles. The number of aryl methyl sites for hydroxylation is 1. The lowest BCUT2D eigenvalue weighted by atomic mass is 10.0. The number of rotatable bonds is 6. The second-order valence-corrected chi connectivity index (χ2v) is 7.26. The smallest absolute Gasteiger partial charge is 0.149 e. The molecule has 0 spiro atoms. The Labute approximate surface area is 170 Å². The fourth-order valence-electron chi connectivity index (χ4n) is 3.59. The number of anilines is 1. The Kier molecular flexibility index (Phi) is 5.58. The van der Waals surface area contributed by atoms with Gasteiger partial charge in [0.05, 0.1) is 17.6 Å². The number of benzene rings is 2. The molecule has 0 fully saturated rings. The van der Waals surface area contributed by atoms with Crippen molar-refractivity contribution in [3.8, 4) is 17.0 Å². The van der Waals surface area contributed by atoms with Gasteiger partial charge in [0, 0.05) is 12.0 Å². The quantitative estimate of drug-likeness (QED) is 0.567. The van der Waals surface area contributed by atoms with Crippen LogP contribution < -0.4 is 15.8 Å². The second-order valence-electron chi connectivity index (χ2n) is 7.26. The highest BCUT2D eigenvalue weighted by molar-refractivity contribution is 5.61. The molecule has 148 valence electrons. The number of nitrogens with zero attached hydrogens (tertiary/aromatic N) is 2. The first-order chi connectivity index (χ1) is 14.1. The molecule has 3 aromatic rings. The first kappa shape index (κ1) is 19.2. The molecule has 1 aliphatic rings. The summed E-state index contributed by atoms with van der Waals surface area (Å²) in [6, 6.07) is 13.2. The zero-order chi connectivity index (χ0) is 20.2. The number of phenols is 1. The number of fused-ring (bicyclic) bond motifs is 1. The van der Waals surface area contributed by atoms with Crippen molar-refractivity contribution < 1.29 is 10.2 Å². The van der Waals surface area contributed by atoms with Crippen LogP contribution in [-0.2, 0) is 12.8 Å². The standard InChI is InChI=1S/C24H25N3O2/c1-2-21-24(25-15-22(26-21)18-9-11-20(28)12-10-18)27-23(29)14-16-7-8-17-5-3-4-6-19(17)13-16/h5-13,15,23,28-29H,2-4,14H2,1H3,(H,25,27). The Morgan fingerprint density at radius 1 is 1.03 bits per heavy atom. The summed E-state index contributed by atoms with van der Waals surface area (Å²) in [5, 5.41) is 25.6. The first-order valence-electron chi connectivity index (χ1n) is 10.0. The minimum absolute atomic E-state index is 0.219. The molecular formula is C24H25N3O2. The predicted octanol–water partition coefficient (Wildman–Crippen LogP) is 2.74.